The number of alkyl halides is 3. The summed E-state index contributed by atoms with van der Waals surface area (Å²) in [5.41, 5.74) is 0.141. The van der Waals surface area contributed by atoms with Gasteiger partial charge in [0.1, 0.15) is 12.3 Å². The van der Waals surface area contributed by atoms with Crippen molar-refractivity contribution in [2.75, 3.05) is 25.1 Å². The molecule has 4 aromatic rings. The van der Waals surface area contributed by atoms with E-state index in [4.69, 9.17) is 21.3 Å². The van der Waals surface area contributed by atoms with Crippen molar-refractivity contribution in [3.8, 4) is 5.75 Å². The number of aromatic hydroxyl groups is 1. The molecule has 8 rings (SSSR count). The summed E-state index contributed by atoms with van der Waals surface area (Å²) in [4.78, 5) is 52.2. The van der Waals surface area contributed by atoms with Crippen molar-refractivity contribution >= 4 is 40.5 Å². The van der Waals surface area contributed by atoms with Gasteiger partial charge in [0, 0.05) is 35.5 Å². The van der Waals surface area contributed by atoms with Gasteiger partial charge in [-0.1, -0.05) is 17.7 Å². The highest BCUT2D eigenvalue weighted by Gasteiger charge is 2.58. The summed E-state index contributed by atoms with van der Waals surface area (Å²) in [6.07, 6.45) is 2.34. The minimum Gasteiger partial charge on any atom is -0.505 e. The van der Waals surface area contributed by atoms with Crippen molar-refractivity contribution in [2.24, 2.45) is 5.92 Å². The van der Waals surface area contributed by atoms with Gasteiger partial charge < -0.3 is 24.6 Å². The lowest BCUT2D eigenvalue weighted by atomic mass is 9.56. The maximum Gasteiger partial charge on any atom is 0.416 e. The number of hydrogen-bond acceptors (Lipinski definition) is 8. The van der Waals surface area contributed by atoms with E-state index in [-0.39, 0.29) is 57.9 Å². The van der Waals surface area contributed by atoms with Crippen molar-refractivity contribution in [1.82, 2.24) is 29.0 Å². The summed E-state index contributed by atoms with van der Waals surface area (Å²) >= 11 is 6.15. The molecule has 50 heavy (non-hydrogen) atoms. The highest BCUT2D eigenvalue weighted by molar-refractivity contribution is 6.33. The SMILES string of the molecule is O=C(Cn1c2c(c(=O)n3nc(C4=CCOCC4)nc13)[C@@]1(CC2)CCN(C(=O)c2ncccc2O)[C@H]2CC[C@H]21)Nc1ccc(C(F)(F)F)cc1Cl. The number of nitrogens with zero attached hydrogens (tertiary/aromatic N) is 6. The van der Waals surface area contributed by atoms with Gasteiger partial charge >= 0.3 is 6.18 Å². The second-order valence-corrected chi connectivity index (χ2v) is 13.6. The van der Waals surface area contributed by atoms with E-state index in [0.29, 0.717) is 62.5 Å². The van der Waals surface area contributed by atoms with Crippen molar-refractivity contribution in [3.63, 3.8) is 0 Å². The van der Waals surface area contributed by atoms with Crippen LogP contribution in [0, 0.1) is 5.92 Å². The topological polar surface area (TPSA) is 144 Å². The number of amides is 2. The van der Waals surface area contributed by atoms with E-state index < -0.39 is 23.1 Å². The fourth-order valence-corrected chi connectivity index (χ4v) is 8.45. The Kier molecular flexibility index (Phi) is 7.75. The molecule has 1 saturated heterocycles. The van der Waals surface area contributed by atoms with Gasteiger partial charge in [0.05, 0.1) is 29.5 Å². The number of halogens is 4. The number of anilines is 1. The predicted molar refractivity (Wildman–Crippen MR) is 174 cm³/mol. The maximum atomic E-state index is 14.5. The number of pyridine rings is 1. The molecule has 1 aromatic carbocycles. The highest BCUT2D eigenvalue weighted by atomic mass is 35.5. The van der Waals surface area contributed by atoms with Crippen LogP contribution >= 0.6 is 11.6 Å². The zero-order chi connectivity index (χ0) is 34.9. The summed E-state index contributed by atoms with van der Waals surface area (Å²) in [5, 5.41) is 17.3. The molecule has 1 saturated carbocycles. The van der Waals surface area contributed by atoms with Crippen LogP contribution in [0.15, 0.2) is 47.4 Å². The van der Waals surface area contributed by atoms with Crippen molar-refractivity contribution in [2.45, 2.75) is 62.7 Å². The Bertz CT molecular complexity index is 2160. The van der Waals surface area contributed by atoms with Gasteiger partial charge in [0.25, 0.3) is 11.5 Å². The van der Waals surface area contributed by atoms with Gasteiger partial charge in [-0.3, -0.25) is 14.4 Å². The number of benzene rings is 1. The first-order valence-electron chi connectivity index (χ1n) is 16.4. The zero-order valence-corrected chi connectivity index (χ0v) is 27.3. The van der Waals surface area contributed by atoms with E-state index in [1.807, 2.05) is 6.08 Å². The van der Waals surface area contributed by atoms with Crippen LogP contribution in [0.2, 0.25) is 5.02 Å². The average Bonchev–Trinajstić information content (AvgIpc) is 3.68. The summed E-state index contributed by atoms with van der Waals surface area (Å²) in [6.45, 7) is 0.877. The lowest BCUT2D eigenvalue weighted by Gasteiger charge is -2.57. The Hall–Kier alpha value is -4.76. The van der Waals surface area contributed by atoms with Gasteiger partial charge in [-0.2, -0.15) is 22.7 Å². The molecule has 0 unspecified atom stereocenters. The minimum atomic E-state index is -4.60. The van der Waals surface area contributed by atoms with Crippen LogP contribution in [0.25, 0.3) is 11.4 Å². The molecule has 2 aliphatic carbocycles. The molecular formula is C34H31ClF3N7O5. The van der Waals surface area contributed by atoms with Crippen molar-refractivity contribution < 1.29 is 32.6 Å². The highest BCUT2D eigenvalue weighted by Crippen LogP contribution is 2.56. The number of piperidine rings is 1. The van der Waals surface area contributed by atoms with Crippen LogP contribution in [0.5, 0.6) is 5.75 Å². The van der Waals surface area contributed by atoms with Crippen LogP contribution in [0.3, 0.4) is 0 Å². The first-order chi connectivity index (χ1) is 24.0. The number of aromatic nitrogens is 5. The average molecular weight is 710 g/mol. The van der Waals surface area contributed by atoms with Crippen LogP contribution in [0.1, 0.15) is 65.2 Å². The summed E-state index contributed by atoms with van der Waals surface area (Å²) in [5.74, 6) is -0.657. The molecule has 4 aliphatic rings. The van der Waals surface area contributed by atoms with E-state index in [1.165, 1.54) is 16.8 Å². The quantitative estimate of drug-likeness (QED) is 0.306. The molecule has 0 radical (unpaired) electrons. The molecule has 2 amide bonds. The van der Waals surface area contributed by atoms with Crippen LogP contribution in [-0.2, 0) is 34.1 Å². The lowest BCUT2D eigenvalue weighted by Crippen LogP contribution is -2.63. The summed E-state index contributed by atoms with van der Waals surface area (Å²) < 4.78 is 48.0. The normalized spacial score (nSPS) is 23.0. The third-order valence-corrected chi connectivity index (χ3v) is 11.0. The van der Waals surface area contributed by atoms with Gasteiger partial charge in [0.2, 0.25) is 11.7 Å². The second kappa shape index (κ2) is 11.9. The number of fused-ring (bicyclic) bond motifs is 5. The van der Waals surface area contributed by atoms with E-state index in [1.54, 1.807) is 15.5 Å². The van der Waals surface area contributed by atoms with Gasteiger partial charge in [-0.05, 0) is 80.3 Å². The van der Waals surface area contributed by atoms with E-state index in [0.717, 1.165) is 36.6 Å². The molecule has 2 fully saturated rings. The molecule has 0 bridgehead atoms. The summed E-state index contributed by atoms with van der Waals surface area (Å²) in [7, 11) is 0. The number of likely N-dealkylation sites (tertiary alicyclic amines) is 1. The molecule has 16 heteroatoms. The minimum absolute atomic E-state index is 0.0117. The fourth-order valence-electron chi connectivity index (χ4n) is 8.23. The van der Waals surface area contributed by atoms with Gasteiger partial charge in [0.15, 0.2) is 11.5 Å². The van der Waals surface area contributed by atoms with E-state index in [9.17, 15) is 32.7 Å². The van der Waals surface area contributed by atoms with Gasteiger partial charge in [-0.25, -0.2) is 4.98 Å². The molecule has 12 nitrogen and oxygen atoms in total. The molecule has 1 spiro atoms. The smallest absolute Gasteiger partial charge is 0.416 e. The standard InChI is InChI=1S/C34H31ClF3N7O5/c35-21-16-19(34(36,37)38)3-5-22(21)40-26(47)17-44-24-7-10-33(27(24)30(48)45-32(44)41-29(42-45)18-8-14-50-15-9-18)11-13-43(23-6-4-20(23)33)31(49)28-25(46)2-1-12-39-28/h1-3,5,8,12,16,20,23,46H,4,6-7,9-11,13-15,17H2,(H,40,47)/t20-,23+,33+/m1/s1. The second-order valence-electron chi connectivity index (χ2n) is 13.2. The van der Waals surface area contributed by atoms with Crippen molar-refractivity contribution in [3.05, 3.63) is 86.3 Å². The first-order valence-corrected chi connectivity index (χ1v) is 16.8. The number of rotatable bonds is 5. The van der Waals surface area contributed by atoms with Gasteiger partial charge in [-0.15, -0.1) is 5.10 Å². The lowest BCUT2D eigenvalue weighted by molar-refractivity contribution is -0.137. The van der Waals surface area contributed by atoms with Crippen LogP contribution in [0.4, 0.5) is 18.9 Å². The molecule has 2 N–H and O–H groups in total. The Labute approximate surface area is 287 Å². The largest absolute Gasteiger partial charge is 0.505 e. The van der Waals surface area contributed by atoms with Crippen molar-refractivity contribution in [1.29, 1.82) is 0 Å². The Morgan fingerprint density at radius 3 is 2.70 bits per heavy atom. The molecule has 5 heterocycles. The monoisotopic (exact) mass is 709 g/mol. The predicted octanol–water partition coefficient (Wildman–Crippen LogP) is 4.61. The maximum absolute atomic E-state index is 14.5. The third-order valence-electron chi connectivity index (χ3n) is 10.7. The third kappa shape index (κ3) is 5.16. The molecule has 2 aliphatic heterocycles. The number of carbonyl (C=O) groups excluding carboxylic acids is 2. The number of nitrogens with one attached hydrogen (secondary N) is 1. The fraction of sp³-hybridized carbons (Fsp3) is 0.412. The first kappa shape index (κ1) is 32.4. The van der Waals surface area contributed by atoms with Crippen LogP contribution in [-0.4, -0.2) is 71.8 Å². The molecule has 3 aromatic heterocycles. The molecule has 260 valence electrons. The Morgan fingerprint density at radius 2 is 2.00 bits per heavy atom. The van der Waals surface area contributed by atoms with E-state index in [2.05, 4.69) is 15.4 Å². The molecule has 3 atom stereocenters. The zero-order valence-electron chi connectivity index (χ0n) is 26.5. The molecular weight excluding hydrogens is 679 g/mol. The van der Waals surface area contributed by atoms with E-state index >= 15 is 0 Å². The summed E-state index contributed by atoms with van der Waals surface area (Å²) in [6, 6.07) is 5.51. The Morgan fingerprint density at radius 1 is 1.16 bits per heavy atom. The number of ether oxygens (including phenoxy) is 1. The number of hydrogen-bond donors (Lipinski definition) is 2. The Balaban J connectivity index is 1.18. The van der Waals surface area contributed by atoms with Crippen LogP contribution < -0.4 is 10.9 Å². The number of carbonyl (C=O) groups is 2.